The van der Waals surface area contributed by atoms with Gasteiger partial charge in [-0.3, -0.25) is 14.4 Å². The van der Waals surface area contributed by atoms with Gasteiger partial charge in [0.1, 0.15) is 29.7 Å². The van der Waals surface area contributed by atoms with Gasteiger partial charge in [0.15, 0.2) is 0 Å². The number of hydrogen-bond donors (Lipinski definition) is 1. The number of fused-ring (bicyclic) bond motifs is 5. The number of ether oxygens (including phenoxy) is 3. The molecule has 0 unspecified atom stereocenters. The Labute approximate surface area is 269 Å². The van der Waals surface area contributed by atoms with Crippen molar-refractivity contribution in [3.05, 3.63) is 23.9 Å². The number of likely N-dealkylation sites (tertiary alicyclic amines) is 1. The summed E-state index contributed by atoms with van der Waals surface area (Å²) in [5.74, 6) is -2.62. The second kappa shape index (κ2) is 13.4. The number of esters is 1. The number of hydrogen-bond acceptors (Lipinski definition) is 9. The molecule has 6 atom stereocenters. The van der Waals surface area contributed by atoms with E-state index in [0.29, 0.717) is 54.2 Å². The third kappa shape index (κ3) is 6.90. The van der Waals surface area contributed by atoms with Crippen molar-refractivity contribution in [3.63, 3.8) is 0 Å². The highest BCUT2D eigenvalue weighted by molar-refractivity contribution is 5.89. The predicted molar refractivity (Wildman–Crippen MR) is 168 cm³/mol. The summed E-state index contributed by atoms with van der Waals surface area (Å²) >= 11 is 0. The molecule has 2 fully saturated rings. The van der Waals surface area contributed by atoms with E-state index in [-0.39, 0.29) is 24.9 Å². The molecule has 3 aliphatic rings. The standard InChI is InChI=1S/C34H46N4O8/c1-19-28-18-38(30(19)33(42)43)32(41)22(34(3,4)5)17-29(40)45-27-14-15-37(20(2)39)26(27)11-9-7-8-10-24-31(46-28)36-25-16-21(44-6)12-13-23(25)35-24/h12-13,16,19,22,26-28,30H,7-11,14-15,17-18H2,1-6H3,(H,42,43)/t19-,22-,26+,27-,28+,30+/m1/s1. The molecule has 12 heteroatoms. The molecule has 46 heavy (non-hydrogen) atoms. The summed E-state index contributed by atoms with van der Waals surface area (Å²) in [5.41, 5.74) is 1.26. The fourth-order valence-corrected chi connectivity index (χ4v) is 7.14. The summed E-state index contributed by atoms with van der Waals surface area (Å²) in [5, 5.41) is 10.3. The number of aliphatic carboxylic acids is 1. The first-order valence-electron chi connectivity index (χ1n) is 16.3. The van der Waals surface area contributed by atoms with Gasteiger partial charge in [-0.2, -0.15) is 0 Å². The van der Waals surface area contributed by atoms with E-state index in [4.69, 9.17) is 24.2 Å². The zero-order valence-electron chi connectivity index (χ0n) is 27.7. The van der Waals surface area contributed by atoms with Crippen LogP contribution >= 0.6 is 0 Å². The first-order chi connectivity index (χ1) is 21.8. The van der Waals surface area contributed by atoms with E-state index in [1.807, 2.05) is 32.9 Å². The van der Waals surface area contributed by atoms with E-state index in [0.717, 1.165) is 19.3 Å². The van der Waals surface area contributed by atoms with Crippen LogP contribution in [0.2, 0.25) is 0 Å². The summed E-state index contributed by atoms with van der Waals surface area (Å²) in [6.07, 6.45) is 2.91. The van der Waals surface area contributed by atoms with Gasteiger partial charge in [-0.1, -0.05) is 40.5 Å². The molecule has 250 valence electrons. The maximum absolute atomic E-state index is 14.2. The topological polar surface area (TPSA) is 148 Å². The van der Waals surface area contributed by atoms with Gasteiger partial charge in [0.2, 0.25) is 17.7 Å². The molecular weight excluding hydrogens is 592 g/mol. The van der Waals surface area contributed by atoms with Crippen LogP contribution in [0.25, 0.3) is 11.0 Å². The lowest BCUT2D eigenvalue weighted by Gasteiger charge is -2.34. The molecule has 0 spiro atoms. The molecule has 2 saturated heterocycles. The monoisotopic (exact) mass is 638 g/mol. The van der Waals surface area contributed by atoms with Crippen LogP contribution in [-0.2, 0) is 30.3 Å². The molecule has 2 amide bonds. The maximum atomic E-state index is 14.2. The summed E-state index contributed by atoms with van der Waals surface area (Å²) in [6, 6.07) is 4.05. The predicted octanol–water partition coefficient (Wildman–Crippen LogP) is 4.02. The van der Waals surface area contributed by atoms with E-state index < -0.39 is 53.3 Å². The largest absolute Gasteiger partial charge is 0.497 e. The van der Waals surface area contributed by atoms with Crippen molar-refractivity contribution in [1.82, 2.24) is 19.8 Å². The molecule has 1 aromatic heterocycles. The van der Waals surface area contributed by atoms with Gasteiger partial charge < -0.3 is 29.1 Å². The Hall–Kier alpha value is -3.96. The van der Waals surface area contributed by atoms with Crippen molar-refractivity contribution in [1.29, 1.82) is 0 Å². The van der Waals surface area contributed by atoms with E-state index >= 15 is 0 Å². The summed E-state index contributed by atoms with van der Waals surface area (Å²) in [7, 11) is 1.57. The smallest absolute Gasteiger partial charge is 0.326 e. The first kappa shape index (κ1) is 33.4. The van der Waals surface area contributed by atoms with Crippen molar-refractivity contribution >= 4 is 34.8 Å². The molecule has 2 aromatic rings. The molecule has 5 rings (SSSR count). The number of carboxylic acids is 1. The van der Waals surface area contributed by atoms with Gasteiger partial charge in [0.05, 0.1) is 43.1 Å². The van der Waals surface area contributed by atoms with Gasteiger partial charge in [0.25, 0.3) is 0 Å². The van der Waals surface area contributed by atoms with Gasteiger partial charge >= 0.3 is 11.9 Å². The van der Waals surface area contributed by atoms with Crippen LogP contribution in [0.1, 0.15) is 78.8 Å². The van der Waals surface area contributed by atoms with E-state index in [1.165, 1.54) is 11.8 Å². The molecule has 1 aromatic carbocycles. The number of carboxylic acid groups (broad SMARTS) is 1. The summed E-state index contributed by atoms with van der Waals surface area (Å²) < 4.78 is 17.9. The van der Waals surface area contributed by atoms with E-state index in [9.17, 15) is 24.3 Å². The number of aryl methyl sites for hydroxylation is 1. The Kier molecular flexibility index (Phi) is 9.74. The second-order valence-corrected chi connectivity index (χ2v) is 13.9. The Morgan fingerprint density at radius 1 is 1.02 bits per heavy atom. The van der Waals surface area contributed by atoms with Crippen molar-refractivity contribution in [3.8, 4) is 11.6 Å². The van der Waals surface area contributed by atoms with Crippen molar-refractivity contribution < 1.29 is 38.5 Å². The average Bonchev–Trinajstić information content (AvgIpc) is 3.54. The van der Waals surface area contributed by atoms with E-state index in [2.05, 4.69) is 0 Å². The highest BCUT2D eigenvalue weighted by Crippen LogP contribution is 2.37. The lowest BCUT2D eigenvalue weighted by molar-refractivity contribution is -0.159. The molecule has 12 nitrogen and oxygen atoms in total. The van der Waals surface area contributed by atoms with Crippen LogP contribution in [0.4, 0.5) is 0 Å². The minimum absolute atomic E-state index is 0.0220. The number of nitrogens with zero attached hydrogens (tertiary/aromatic N) is 4. The van der Waals surface area contributed by atoms with Crippen LogP contribution in [0.5, 0.6) is 11.6 Å². The first-order valence-corrected chi connectivity index (χ1v) is 16.3. The Morgan fingerprint density at radius 2 is 1.78 bits per heavy atom. The third-order valence-electron chi connectivity index (χ3n) is 9.80. The molecule has 1 N–H and O–H groups in total. The zero-order chi connectivity index (χ0) is 33.3. The van der Waals surface area contributed by atoms with Gasteiger partial charge in [-0.25, -0.2) is 14.8 Å². The Bertz CT molecular complexity index is 1490. The fraction of sp³-hybridized carbons (Fsp3) is 0.647. The lowest BCUT2D eigenvalue weighted by Crippen LogP contribution is -2.48. The number of carbonyl (C=O) groups excluding carboxylic acids is 3. The maximum Gasteiger partial charge on any atom is 0.326 e. The lowest BCUT2D eigenvalue weighted by atomic mass is 9.77. The third-order valence-corrected chi connectivity index (χ3v) is 9.80. The molecular formula is C34H46N4O8. The van der Waals surface area contributed by atoms with Crippen LogP contribution in [0, 0.1) is 17.3 Å². The number of carbonyl (C=O) groups is 4. The quantitative estimate of drug-likeness (QED) is 0.478. The van der Waals surface area contributed by atoms with Crippen LogP contribution < -0.4 is 9.47 Å². The molecule has 0 aliphatic carbocycles. The van der Waals surface area contributed by atoms with Crippen molar-refractivity contribution in [2.45, 2.75) is 104 Å². The molecule has 0 radical (unpaired) electrons. The van der Waals surface area contributed by atoms with Gasteiger partial charge in [0, 0.05) is 31.9 Å². The van der Waals surface area contributed by atoms with Crippen LogP contribution in [-0.4, -0.2) is 93.1 Å². The highest BCUT2D eigenvalue weighted by Gasteiger charge is 2.50. The van der Waals surface area contributed by atoms with Crippen molar-refractivity contribution in [2.24, 2.45) is 17.3 Å². The van der Waals surface area contributed by atoms with Crippen molar-refractivity contribution in [2.75, 3.05) is 20.2 Å². The summed E-state index contributed by atoms with van der Waals surface area (Å²) in [6.45, 7) is 9.40. The minimum atomic E-state index is -1.15. The number of rotatable bonds is 2. The molecule has 4 heterocycles. The van der Waals surface area contributed by atoms with Crippen LogP contribution in [0.15, 0.2) is 18.2 Å². The molecule has 2 bridgehead atoms. The zero-order valence-corrected chi connectivity index (χ0v) is 27.7. The number of aromatic nitrogens is 2. The number of methoxy groups -OCH3 is 1. The summed E-state index contributed by atoms with van der Waals surface area (Å²) in [4.78, 5) is 65.5. The second-order valence-electron chi connectivity index (χ2n) is 13.9. The van der Waals surface area contributed by atoms with Gasteiger partial charge in [-0.15, -0.1) is 0 Å². The SMILES string of the molecule is COc1ccc2nc3c(nc2c1)O[C@H]1CN(C(=O)[C@H](C(C)(C)C)CC(=O)O[C@@H]2CCN(C(C)=O)[C@H]2CCCCC3)[C@H](C(=O)O)[C@@H]1C. The number of amides is 2. The molecule has 3 aliphatic heterocycles. The number of benzene rings is 1. The Morgan fingerprint density at radius 3 is 2.46 bits per heavy atom. The average molecular weight is 639 g/mol. The fourth-order valence-electron chi connectivity index (χ4n) is 7.14. The minimum Gasteiger partial charge on any atom is -0.497 e. The normalized spacial score (nSPS) is 28.0. The van der Waals surface area contributed by atoms with E-state index in [1.54, 1.807) is 25.0 Å². The van der Waals surface area contributed by atoms with Gasteiger partial charge in [-0.05, 0) is 36.8 Å². The Balaban J connectivity index is 1.53. The highest BCUT2D eigenvalue weighted by atomic mass is 16.5. The molecule has 0 saturated carbocycles. The van der Waals surface area contributed by atoms with Crippen LogP contribution in [0.3, 0.4) is 0 Å².